The molecular formula is C9H13N3O4. The van der Waals surface area contributed by atoms with Gasteiger partial charge in [0.25, 0.3) is 5.56 Å². The standard InChI is InChI=1S/C9H13N3O4/c1-9(2,8(14)15)12-6-5(16-3)7(13)11-4-10-6/h4H,1-3H3,(H,14,15)(H2,10,11,12,13). The zero-order valence-corrected chi connectivity index (χ0v) is 9.20. The Hall–Kier alpha value is -2.05. The maximum atomic E-state index is 11.3. The molecular weight excluding hydrogens is 214 g/mol. The van der Waals surface area contributed by atoms with Crippen LogP contribution >= 0.6 is 0 Å². The van der Waals surface area contributed by atoms with Crippen LogP contribution in [0.4, 0.5) is 5.82 Å². The van der Waals surface area contributed by atoms with E-state index in [1.807, 2.05) is 0 Å². The summed E-state index contributed by atoms with van der Waals surface area (Å²) in [6.45, 7) is 2.91. The first kappa shape index (κ1) is 12.0. The predicted molar refractivity (Wildman–Crippen MR) is 56.7 cm³/mol. The summed E-state index contributed by atoms with van der Waals surface area (Å²) in [6.07, 6.45) is 1.17. The Morgan fingerprint density at radius 1 is 1.62 bits per heavy atom. The summed E-state index contributed by atoms with van der Waals surface area (Å²) in [5.41, 5.74) is -1.71. The van der Waals surface area contributed by atoms with Gasteiger partial charge in [-0.15, -0.1) is 0 Å². The Bertz CT molecular complexity index is 452. The molecule has 0 saturated heterocycles. The van der Waals surface area contributed by atoms with E-state index >= 15 is 0 Å². The van der Waals surface area contributed by atoms with E-state index < -0.39 is 17.1 Å². The normalized spacial score (nSPS) is 10.9. The van der Waals surface area contributed by atoms with E-state index in [-0.39, 0.29) is 11.6 Å². The fourth-order valence-electron chi connectivity index (χ4n) is 1.02. The molecule has 16 heavy (non-hydrogen) atoms. The lowest BCUT2D eigenvalue weighted by atomic mass is 10.1. The van der Waals surface area contributed by atoms with Crippen molar-refractivity contribution in [1.29, 1.82) is 0 Å². The van der Waals surface area contributed by atoms with Gasteiger partial charge in [0.05, 0.1) is 13.4 Å². The van der Waals surface area contributed by atoms with Crippen molar-refractivity contribution in [2.75, 3.05) is 12.4 Å². The molecule has 7 heteroatoms. The molecule has 0 saturated carbocycles. The Labute approximate surface area is 91.5 Å². The number of aliphatic carboxylic acids is 1. The number of nitrogens with one attached hydrogen (secondary N) is 2. The number of ether oxygens (including phenoxy) is 1. The quantitative estimate of drug-likeness (QED) is 0.671. The van der Waals surface area contributed by atoms with Crippen LogP contribution in [-0.4, -0.2) is 33.7 Å². The smallest absolute Gasteiger partial charge is 0.328 e. The van der Waals surface area contributed by atoms with Gasteiger partial charge in [0, 0.05) is 0 Å². The van der Waals surface area contributed by atoms with Crippen molar-refractivity contribution in [1.82, 2.24) is 9.97 Å². The van der Waals surface area contributed by atoms with Crippen LogP contribution in [0.25, 0.3) is 0 Å². The summed E-state index contributed by atoms with van der Waals surface area (Å²) < 4.78 is 4.84. The number of aromatic nitrogens is 2. The minimum atomic E-state index is -1.24. The number of carboxylic acids is 1. The lowest BCUT2D eigenvalue weighted by Crippen LogP contribution is -2.40. The van der Waals surface area contributed by atoms with Crippen LogP contribution in [-0.2, 0) is 4.79 Å². The number of carbonyl (C=O) groups is 1. The lowest BCUT2D eigenvalue weighted by molar-refractivity contribution is -0.141. The highest BCUT2D eigenvalue weighted by molar-refractivity contribution is 5.81. The average molecular weight is 227 g/mol. The number of methoxy groups -OCH3 is 1. The molecule has 0 spiro atoms. The molecule has 1 rings (SSSR count). The van der Waals surface area contributed by atoms with Crippen LogP contribution in [0.5, 0.6) is 5.75 Å². The van der Waals surface area contributed by atoms with Gasteiger partial charge in [-0.05, 0) is 13.8 Å². The number of rotatable bonds is 4. The fraction of sp³-hybridized carbons (Fsp3) is 0.444. The number of aromatic amines is 1. The van der Waals surface area contributed by atoms with Crippen molar-refractivity contribution in [3.63, 3.8) is 0 Å². The summed E-state index contributed by atoms with van der Waals surface area (Å²) in [5.74, 6) is -1.01. The Morgan fingerprint density at radius 2 is 2.25 bits per heavy atom. The van der Waals surface area contributed by atoms with E-state index in [4.69, 9.17) is 9.84 Å². The van der Waals surface area contributed by atoms with Gasteiger partial charge in [-0.2, -0.15) is 0 Å². The van der Waals surface area contributed by atoms with E-state index in [9.17, 15) is 9.59 Å². The minimum absolute atomic E-state index is 0.0446. The van der Waals surface area contributed by atoms with Crippen molar-refractivity contribution in [2.45, 2.75) is 19.4 Å². The molecule has 0 aliphatic heterocycles. The SMILES string of the molecule is COc1c(NC(C)(C)C(=O)O)nc[nH]c1=O. The monoisotopic (exact) mass is 227 g/mol. The highest BCUT2D eigenvalue weighted by Gasteiger charge is 2.28. The highest BCUT2D eigenvalue weighted by Crippen LogP contribution is 2.19. The van der Waals surface area contributed by atoms with Gasteiger partial charge in [0.1, 0.15) is 5.54 Å². The van der Waals surface area contributed by atoms with E-state index in [2.05, 4.69) is 15.3 Å². The Balaban J connectivity index is 3.11. The van der Waals surface area contributed by atoms with Gasteiger partial charge in [-0.3, -0.25) is 4.79 Å². The first-order valence-electron chi connectivity index (χ1n) is 4.51. The number of hydrogen-bond acceptors (Lipinski definition) is 5. The number of H-pyrrole nitrogens is 1. The number of hydrogen-bond donors (Lipinski definition) is 3. The third kappa shape index (κ3) is 2.30. The van der Waals surface area contributed by atoms with Crippen LogP contribution in [0.1, 0.15) is 13.8 Å². The zero-order chi connectivity index (χ0) is 12.3. The molecule has 0 amide bonds. The van der Waals surface area contributed by atoms with Gasteiger partial charge in [0.2, 0.25) is 5.75 Å². The summed E-state index contributed by atoms with van der Waals surface area (Å²) >= 11 is 0. The van der Waals surface area contributed by atoms with Crippen LogP contribution in [0.15, 0.2) is 11.1 Å². The summed E-state index contributed by atoms with van der Waals surface area (Å²) in [6, 6.07) is 0. The Kier molecular flexibility index (Phi) is 3.17. The van der Waals surface area contributed by atoms with Gasteiger partial charge in [0.15, 0.2) is 5.82 Å². The maximum absolute atomic E-state index is 11.3. The molecule has 1 aromatic rings. The topological polar surface area (TPSA) is 104 Å². The van der Waals surface area contributed by atoms with Crippen LogP contribution in [0.3, 0.4) is 0 Å². The molecule has 1 aromatic heterocycles. The molecule has 0 bridgehead atoms. The number of carboxylic acid groups (broad SMARTS) is 1. The first-order chi connectivity index (χ1) is 7.38. The second-order valence-electron chi connectivity index (χ2n) is 3.67. The van der Waals surface area contributed by atoms with Crippen molar-refractivity contribution in [3.05, 3.63) is 16.7 Å². The van der Waals surface area contributed by atoms with E-state index in [1.165, 1.54) is 27.3 Å². The van der Waals surface area contributed by atoms with Crippen molar-refractivity contribution < 1.29 is 14.6 Å². The summed E-state index contributed by atoms with van der Waals surface area (Å²) in [7, 11) is 1.31. The average Bonchev–Trinajstić information content (AvgIpc) is 2.17. The van der Waals surface area contributed by atoms with Crippen LogP contribution in [0.2, 0.25) is 0 Å². The van der Waals surface area contributed by atoms with E-state index in [1.54, 1.807) is 0 Å². The van der Waals surface area contributed by atoms with Crippen molar-refractivity contribution >= 4 is 11.8 Å². The van der Waals surface area contributed by atoms with Crippen LogP contribution < -0.4 is 15.6 Å². The Morgan fingerprint density at radius 3 is 2.75 bits per heavy atom. The molecule has 0 radical (unpaired) electrons. The second-order valence-corrected chi connectivity index (χ2v) is 3.67. The molecule has 1 heterocycles. The lowest BCUT2D eigenvalue weighted by Gasteiger charge is -2.22. The fourth-order valence-corrected chi connectivity index (χ4v) is 1.02. The molecule has 0 fully saturated rings. The van der Waals surface area contributed by atoms with Gasteiger partial charge >= 0.3 is 5.97 Å². The molecule has 3 N–H and O–H groups in total. The molecule has 0 atom stereocenters. The molecule has 7 nitrogen and oxygen atoms in total. The molecule has 0 aliphatic carbocycles. The predicted octanol–water partition coefficient (Wildman–Crippen LogP) is 0.0536. The molecule has 0 aromatic carbocycles. The summed E-state index contributed by atoms with van der Waals surface area (Å²) in [4.78, 5) is 28.4. The molecule has 0 unspecified atom stereocenters. The third-order valence-corrected chi connectivity index (χ3v) is 1.98. The van der Waals surface area contributed by atoms with E-state index in [0.717, 1.165) is 0 Å². The largest absolute Gasteiger partial charge is 0.489 e. The highest BCUT2D eigenvalue weighted by atomic mass is 16.5. The van der Waals surface area contributed by atoms with Gasteiger partial charge in [-0.1, -0.05) is 0 Å². The van der Waals surface area contributed by atoms with E-state index in [0.29, 0.717) is 0 Å². The summed E-state index contributed by atoms with van der Waals surface area (Å²) in [5, 5.41) is 11.5. The van der Waals surface area contributed by atoms with Crippen LogP contribution in [0, 0.1) is 0 Å². The first-order valence-corrected chi connectivity index (χ1v) is 4.51. The van der Waals surface area contributed by atoms with Crippen molar-refractivity contribution in [3.8, 4) is 5.75 Å². The van der Waals surface area contributed by atoms with Gasteiger partial charge < -0.3 is 20.1 Å². The number of anilines is 1. The molecule has 88 valence electrons. The zero-order valence-electron chi connectivity index (χ0n) is 9.20. The minimum Gasteiger partial charge on any atom is -0.489 e. The molecule has 0 aliphatic rings. The second kappa shape index (κ2) is 4.21. The number of nitrogens with zero attached hydrogens (tertiary/aromatic N) is 1. The van der Waals surface area contributed by atoms with Gasteiger partial charge in [-0.25, -0.2) is 9.78 Å². The third-order valence-electron chi connectivity index (χ3n) is 1.98. The maximum Gasteiger partial charge on any atom is 0.328 e. The van der Waals surface area contributed by atoms with Crippen molar-refractivity contribution in [2.24, 2.45) is 0 Å².